The standard InChI is InChI=1S/C15H23NO4S/c1-6-21(19,20)13-8-12(15(3,4)5)7-11(14(13)18)9-16-10(2)17/h7-8,18H,6,9H2,1-5H3,(H,16,17). The molecule has 0 saturated heterocycles. The first-order valence-corrected chi connectivity index (χ1v) is 8.48. The lowest BCUT2D eigenvalue weighted by Gasteiger charge is -2.22. The Balaban J connectivity index is 3.50. The van der Waals surface area contributed by atoms with Gasteiger partial charge in [0.1, 0.15) is 10.6 Å². The van der Waals surface area contributed by atoms with Crippen LogP contribution in [0.1, 0.15) is 45.7 Å². The third-order valence-electron chi connectivity index (χ3n) is 3.26. The summed E-state index contributed by atoms with van der Waals surface area (Å²) in [5, 5.41) is 12.8. The van der Waals surface area contributed by atoms with Gasteiger partial charge in [0.25, 0.3) is 0 Å². The number of carbonyl (C=O) groups is 1. The summed E-state index contributed by atoms with van der Waals surface area (Å²) in [4.78, 5) is 11.0. The fourth-order valence-electron chi connectivity index (χ4n) is 1.85. The molecule has 0 aliphatic heterocycles. The van der Waals surface area contributed by atoms with Gasteiger partial charge in [0.15, 0.2) is 9.84 Å². The van der Waals surface area contributed by atoms with Crippen molar-refractivity contribution in [3.05, 3.63) is 23.3 Å². The molecule has 1 amide bonds. The Bertz CT molecular complexity index is 642. The Morgan fingerprint density at radius 3 is 2.29 bits per heavy atom. The van der Waals surface area contributed by atoms with Gasteiger partial charge >= 0.3 is 0 Å². The number of hydrogen-bond donors (Lipinski definition) is 2. The van der Waals surface area contributed by atoms with Gasteiger partial charge in [0.05, 0.1) is 5.75 Å². The number of phenolic OH excluding ortho intramolecular Hbond substituents is 1. The van der Waals surface area contributed by atoms with Crippen LogP contribution in [0, 0.1) is 0 Å². The van der Waals surface area contributed by atoms with Crippen LogP contribution in [0.3, 0.4) is 0 Å². The first-order valence-electron chi connectivity index (χ1n) is 6.82. The van der Waals surface area contributed by atoms with Crippen molar-refractivity contribution in [1.29, 1.82) is 0 Å². The zero-order chi connectivity index (χ0) is 16.4. The zero-order valence-corrected chi connectivity index (χ0v) is 14.0. The molecular weight excluding hydrogens is 290 g/mol. The predicted molar refractivity (Wildman–Crippen MR) is 82.1 cm³/mol. The monoisotopic (exact) mass is 313 g/mol. The molecule has 0 saturated carbocycles. The summed E-state index contributed by atoms with van der Waals surface area (Å²) in [5.74, 6) is -0.609. The average molecular weight is 313 g/mol. The van der Waals surface area contributed by atoms with Crippen molar-refractivity contribution in [3.8, 4) is 5.75 Å². The molecule has 21 heavy (non-hydrogen) atoms. The molecule has 0 atom stereocenters. The van der Waals surface area contributed by atoms with Crippen LogP contribution in [-0.4, -0.2) is 25.2 Å². The molecule has 6 heteroatoms. The van der Waals surface area contributed by atoms with E-state index in [9.17, 15) is 18.3 Å². The molecule has 0 bridgehead atoms. The van der Waals surface area contributed by atoms with Crippen LogP contribution >= 0.6 is 0 Å². The van der Waals surface area contributed by atoms with Gasteiger partial charge in [-0.25, -0.2) is 8.42 Å². The summed E-state index contributed by atoms with van der Waals surface area (Å²) in [6.45, 7) is 8.88. The van der Waals surface area contributed by atoms with E-state index in [-0.39, 0.29) is 34.3 Å². The van der Waals surface area contributed by atoms with Crippen LogP contribution < -0.4 is 5.32 Å². The van der Waals surface area contributed by atoms with E-state index in [1.807, 2.05) is 20.8 Å². The van der Waals surface area contributed by atoms with Crippen molar-refractivity contribution in [2.75, 3.05) is 5.75 Å². The van der Waals surface area contributed by atoms with Gasteiger partial charge < -0.3 is 10.4 Å². The lowest BCUT2D eigenvalue weighted by atomic mass is 9.86. The molecule has 5 nitrogen and oxygen atoms in total. The number of rotatable bonds is 4. The molecule has 1 aromatic rings. The van der Waals surface area contributed by atoms with Gasteiger partial charge in [-0.3, -0.25) is 4.79 Å². The first kappa shape index (κ1) is 17.5. The molecule has 118 valence electrons. The molecule has 1 rings (SSSR count). The Kier molecular flexibility index (Phi) is 5.04. The van der Waals surface area contributed by atoms with Gasteiger partial charge in [-0.2, -0.15) is 0 Å². The second-order valence-electron chi connectivity index (χ2n) is 6.05. The van der Waals surface area contributed by atoms with Crippen LogP contribution in [0.4, 0.5) is 0 Å². The Hall–Kier alpha value is -1.56. The van der Waals surface area contributed by atoms with Crippen molar-refractivity contribution >= 4 is 15.7 Å². The van der Waals surface area contributed by atoms with E-state index in [1.54, 1.807) is 6.07 Å². The van der Waals surface area contributed by atoms with E-state index in [2.05, 4.69) is 5.32 Å². The number of phenols is 1. The van der Waals surface area contributed by atoms with Crippen LogP contribution in [0.15, 0.2) is 17.0 Å². The third kappa shape index (κ3) is 4.20. The molecule has 0 aliphatic carbocycles. The highest BCUT2D eigenvalue weighted by Gasteiger charge is 2.24. The average Bonchev–Trinajstić information content (AvgIpc) is 2.35. The lowest BCUT2D eigenvalue weighted by Crippen LogP contribution is -2.21. The predicted octanol–water partition coefficient (Wildman–Crippen LogP) is 2.12. The normalized spacial score (nSPS) is 12.2. The molecule has 0 aliphatic rings. The zero-order valence-electron chi connectivity index (χ0n) is 13.1. The SMILES string of the molecule is CCS(=O)(=O)c1cc(C(C)(C)C)cc(CNC(C)=O)c1O. The van der Waals surface area contributed by atoms with Gasteiger partial charge in [-0.15, -0.1) is 0 Å². The van der Waals surface area contributed by atoms with E-state index < -0.39 is 9.84 Å². The fraction of sp³-hybridized carbons (Fsp3) is 0.533. The molecule has 0 fully saturated rings. The quantitative estimate of drug-likeness (QED) is 0.892. The number of nitrogens with one attached hydrogen (secondary N) is 1. The van der Waals surface area contributed by atoms with Gasteiger partial charge in [0, 0.05) is 19.0 Å². The molecule has 0 unspecified atom stereocenters. The summed E-state index contributed by atoms with van der Waals surface area (Å²) in [6.07, 6.45) is 0. The highest BCUT2D eigenvalue weighted by atomic mass is 32.2. The van der Waals surface area contributed by atoms with Gasteiger partial charge in [-0.1, -0.05) is 27.7 Å². The van der Waals surface area contributed by atoms with Gasteiger partial charge in [-0.05, 0) is 23.1 Å². The number of aromatic hydroxyl groups is 1. The Labute approximate surface area is 126 Å². The molecule has 2 N–H and O–H groups in total. The Morgan fingerprint density at radius 2 is 1.86 bits per heavy atom. The fourth-order valence-corrected chi connectivity index (χ4v) is 2.89. The number of carbonyl (C=O) groups excluding carboxylic acids is 1. The van der Waals surface area contributed by atoms with Crippen molar-refractivity contribution in [2.24, 2.45) is 0 Å². The van der Waals surface area contributed by atoms with E-state index in [1.165, 1.54) is 19.9 Å². The molecule has 0 radical (unpaired) electrons. The summed E-state index contributed by atoms with van der Waals surface area (Å²) in [7, 11) is -3.54. The third-order valence-corrected chi connectivity index (χ3v) is 5.00. The number of amides is 1. The lowest BCUT2D eigenvalue weighted by molar-refractivity contribution is -0.119. The molecule has 1 aromatic carbocycles. The smallest absolute Gasteiger partial charge is 0.217 e. The topological polar surface area (TPSA) is 83.5 Å². The maximum absolute atomic E-state index is 12.1. The van der Waals surface area contributed by atoms with E-state index in [0.717, 1.165) is 5.56 Å². The first-order chi connectivity index (χ1) is 9.49. The summed E-state index contributed by atoms with van der Waals surface area (Å²) >= 11 is 0. The van der Waals surface area contributed by atoms with E-state index >= 15 is 0 Å². The second kappa shape index (κ2) is 6.05. The second-order valence-corrected chi connectivity index (χ2v) is 8.29. The summed E-state index contributed by atoms with van der Waals surface area (Å²) in [5.41, 5.74) is 0.939. The van der Waals surface area contributed by atoms with Crippen LogP contribution in [-0.2, 0) is 26.6 Å². The molecule has 0 spiro atoms. The minimum Gasteiger partial charge on any atom is -0.506 e. The highest BCUT2D eigenvalue weighted by molar-refractivity contribution is 7.91. The highest BCUT2D eigenvalue weighted by Crippen LogP contribution is 2.34. The minimum absolute atomic E-state index is 0.0715. The molecular formula is C15H23NO4S. The van der Waals surface area contributed by atoms with Crippen molar-refractivity contribution in [2.45, 2.75) is 51.5 Å². The van der Waals surface area contributed by atoms with E-state index in [0.29, 0.717) is 5.56 Å². The van der Waals surface area contributed by atoms with Crippen LogP contribution in [0.2, 0.25) is 0 Å². The number of sulfone groups is 1. The molecule has 0 aromatic heterocycles. The Morgan fingerprint density at radius 1 is 1.29 bits per heavy atom. The maximum Gasteiger partial charge on any atom is 0.217 e. The van der Waals surface area contributed by atoms with Crippen LogP contribution in [0.5, 0.6) is 5.75 Å². The van der Waals surface area contributed by atoms with Gasteiger partial charge in [0.2, 0.25) is 5.91 Å². The summed E-state index contributed by atoms with van der Waals surface area (Å²) < 4.78 is 24.3. The number of benzene rings is 1. The minimum atomic E-state index is -3.54. The van der Waals surface area contributed by atoms with Crippen molar-refractivity contribution in [3.63, 3.8) is 0 Å². The maximum atomic E-state index is 12.1. The largest absolute Gasteiger partial charge is 0.506 e. The number of hydrogen-bond acceptors (Lipinski definition) is 4. The van der Waals surface area contributed by atoms with Crippen LogP contribution in [0.25, 0.3) is 0 Å². The van der Waals surface area contributed by atoms with Crippen molar-refractivity contribution < 1.29 is 18.3 Å². The molecule has 0 heterocycles. The summed E-state index contributed by atoms with van der Waals surface area (Å²) in [6, 6.07) is 3.26. The van der Waals surface area contributed by atoms with Crippen molar-refractivity contribution in [1.82, 2.24) is 5.32 Å². The van der Waals surface area contributed by atoms with E-state index in [4.69, 9.17) is 0 Å².